The van der Waals surface area contributed by atoms with Gasteiger partial charge in [0.25, 0.3) is 5.91 Å². The molecule has 0 unspecified atom stereocenters. The summed E-state index contributed by atoms with van der Waals surface area (Å²) in [5, 5.41) is 5.79. The molecule has 2 heterocycles. The number of nitrogens with one attached hydrogen (secondary N) is 2. The monoisotopic (exact) mass is 513 g/mol. The first-order valence-corrected chi connectivity index (χ1v) is 11.2. The number of ether oxygens (including phenoxy) is 3. The summed E-state index contributed by atoms with van der Waals surface area (Å²) in [5.74, 6) is 1.39. The molecule has 33 heavy (non-hydrogen) atoms. The zero-order valence-electron chi connectivity index (χ0n) is 18.3. The maximum atomic E-state index is 12.2. The van der Waals surface area contributed by atoms with E-state index in [1.54, 1.807) is 44.6 Å². The van der Waals surface area contributed by atoms with Gasteiger partial charge in [0.15, 0.2) is 0 Å². The first-order valence-electron chi connectivity index (χ1n) is 10.4. The van der Waals surface area contributed by atoms with Gasteiger partial charge in [0.05, 0.1) is 42.2 Å². The van der Waals surface area contributed by atoms with Crippen LogP contribution in [0.15, 0.2) is 53.1 Å². The van der Waals surface area contributed by atoms with E-state index in [2.05, 4.69) is 41.4 Å². The molecule has 0 spiro atoms. The highest BCUT2D eigenvalue weighted by Gasteiger charge is 2.17. The summed E-state index contributed by atoms with van der Waals surface area (Å²) in [4.78, 5) is 23.2. The first-order chi connectivity index (χ1) is 16.1. The lowest BCUT2D eigenvalue weighted by atomic mass is 10.2. The number of aromatic nitrogens is 2. The molecule has 2 N–H and O–H groups in total. The summed E-state index contributed by atoms with van der Waals surface area (Å²) in [6.07, 6.45) is 1.59. The second-order valence-corrected chi connectivity index (χ2v) is 7.99. The molecule has 1 fully saturated rings. The van der Waals surface area contributed by atoms with E-state index in [1.165, 1.54) is 0 Å². The molecule has 0 radical (unpaired) electrons. The van der Waals surface area contributed by atoms with Crippen molar-refractivity contribution < 1.29 is 19.0 Å². The van der Waals surface area contributed by atoms with Crippen molar-refractivity contribution in [3.05, 3.63) is 58.7 Å². The average Bonchev–Trinajstić information content (AvgIpc) is 2.86. The lowest BCUT2D eigenvalue weighted by Crippen LogP contribution is -2.36. The molecule has 0 aliphatic carbocycles. The van der Waals surface area contributed by atoms with Crippen LogP contribution in [0.5, 0.6) is 17.4 Å². The van der Waals surface area contributed by atoms with Crippen LogP contribution in [-0.2, 0) is 4.74 Å². The average molecular weight is 514 g/mol. The fourth-order valence-electron chi connectivity index (χ4n) is 3.39. The van der Waals surface area contributed by atoms with Gasteiger partial charge in [-0.1, -0.05) is 12.1 Å². The Morgan fingerprint density at radius 3 is 2.70 bits per heavy atom. The minimum Gasteiger partial charge on any atom is -0.494 e. The normalized spacial score (nSPS) is 13.4. The Morgan fingerprint density at radius 1 is 1.15 bits per heavy atom. The van der Waals surface area contributed by atoms with Gasteiger partial charge >= 0.3 is 0 Å². The Kier molecular flexibility index (Phi) is 7.26. The Labute approximate surface area is 200 Å². The number of methoxy groups -OCH3 is 1. The minimum absolute atomic E-state index is 0.251. The summed E-state index contributed by atoms with van der Waals surface area (Å²) in [6.45, 7) is 3.09. The number of anilines is 3. The van der Waals surface area contributed by atoms with Gasteiger partial charge in [-0.05, 0) is 40.2 Å². The molecule has 2 aromatic carbocycles. The number of hydrogen-bond donors (Lipinski definition) is 2. The highest BCUT2D eigenvalue weighted by molar-refractivity contribution is 9.10. The number of morpholine rings is 1. The van der Waals surface area contributed by atoms with Crippen LogP contribution < -0.4 is 25.0 Å². The highest BCUT2D eigenvalue weighted by atomic mass is 79.9. The molecular formula is C23H24BrN5O4. The molecule has 1 aliphatic heterocycles. The van der Waals surface area contributed by atoms with Crippen LogP contribution in [0.4, 0.5) is 17.3 Å². The van der Waals surface area contributed by atoms with E-state index in [0.717, 1.165) is 18.8 Å². The molecule has 10 heteroatoms. The molecule has 0 bridgehead atoms. The molecule has 4 rings (SSSR count). The van der Waals surface area contributed by atoms with Crippen molar-refractivity contribution in [2.24, 2.45) is 0 Å². The van der Waals surface area contributed by atoms with Gasteiger partial charge in [-0.3, -0.25) is 4.79 Å². The number of halogens is 1. The van der Waals surface area contributed by atoms with E-state index in [-0.39, 0.29) is 11.8 Å². The van der Waals surface area contributed by atoms with Crippen molar-refractivity contribution in [1.29, 1.82) is 0 Å². The van der Waals surface area contributed by atoms with Gasteiger partial charge in [-0.15, -0.1) is 0 Å². The van der Waals surface area contributed by atoms with Crippen LogP contribution in [0.1, 0.15) is 10.4 Å². The van der Waals surface area contributed by atoms with E-state index in [4.69, 9.17) is 14.2 Å². The molecule has 9 nitrogen and oxygen atoms in total. The van der Waals surface area contributed by atoms with Gasteiger partial charge < -0.3 is 29.7 Å². The Bertz CT molecular complexity index is 1140. The Morgan fingerprint density at radius 2 is 1.94 bits per heavy atom. The number of benzene rings is 2. The summed E-state index contributed by atoms with van der Waals surface area (Å²) < 4.78 is 17.5. The maximum Gasteiger partial charge on any atom is 0.254 e. The highest BCUT2D eigenvalue weighted by Crippen LogP contribution is 2.34. The van der Waals surface area contributed by atoms with Gasteiger partial charge in [0.2, 0.25) is 11.8 Å². The standard InChI is InChI=1S/C23H24BrN5O4/c1-25-21(30)16-5-3-4-6-19(16)33-22-17(24)14-26-23(28-22)27-18-8-7-15(13-20(18)31-2)29-9-11-32-12-10-29/h3-8,13-14H,9-12H2,1-2H3,(H,25,30)(H,26,27,28). The van der Waals surface area contributed by atoms with Crippen molar-refractivity contribution >= 4 is 39.2 Å². The fraction of sp³-hybridized carbons (Fsp3) is 0.261. The van der Waals surface area contributed by atoms with Crippen LogP contribution in [0.2, 0.25) is 0 Å². The van der Waals surface area contributed by atoms with Gasteiger partial charge in [-0.2, -0.15) is 4.98 Å². The lowest BCUT2D eigenvalue weighted by Gasteiger charge is -2.29. The quantitative estimate of drug-likeness (QED) is 0.489. The van der Waals surface area contributed by atoms with E-state index < -0.39 is 0 Å². The van der Waals surface area contributed by atoms with Crippen molar-refractivity contribution in [2.45, 2.75) is 0 Å². The number of carbonyl (C=O) groups excluding carboxylic acids is 1. The second kappa shape index (κ2) is 10.5. The van der Waals surface area contributed by atoms with Crippen molar-refractivity contribution in [3.63, 3.8) is 0 Å². The number of amides is 1. The predicted molar refractivity (Wildman–Crippen MR) is 129 cm³/mol. The molecule has 0 atom stereocenters. The summed E-state index contributed by atoms with van der Waals surface area (Å²) in [6, 6.07) is 12.9. The smallest absolute Gasteiger partial charge is 0.254 e. The molecule has 1 aromatic heterocycles. The van der Waals surface area contributed by atoms with Crippen molar-refractivity contribution in [3.8, 4) is 17.4 Å². The number of carbonyl (C=O) groups is 1. The first kappa shape index (κ1) is 22.8. The number of para-hydroxylation sites is 1. The molecule has 3 aromatic rings. The molecule has 172 valence electrons. The zero-order chi connectivity index (χ0) is 23.2. The summed E-state index contributed by atoms with van der Waals surface area (Å²) in [7, 11) is 3.19. The second-order valence-electron chi connectivity index (χ2n) is 7.13. The minimum atomic E-state index is -0.251. The number of nitrogens with zero attached hydrogens (tertiary/aromatic N) is 3. The van der Waals surface area contributed by atoms with Crippen molar-refractivity contribution in [2.75, 3.05) is 50.7 Å². The predicted octanol–water partition coefficient (Wildman–Crippen LogP) is 3.98. The fourth-order valence-corrected chi connectivity index (χ4v) is 3.66. The number of rotatable bonds is 7. The van der Waals surface area contributed by atoms with E-state index in [0.29, 0.717) is 46.4 Å². The van der Waals surface area contributed by atoms with Crippen LogP contribution >= 0.6 is 15.9 Å². The Hall–Kier alpha value is -3.37. The summed E-state index contributed by atoms with van der Waals surface area (Å²) >= 11 is 3.42. The summed E-state index contributed by atoms with van der Waals surface area (Å²) in [5.41, 5.74) is 2.18. The molecule has 1 amide bonds. The third-order valence-corrected chi connectivity index (χ3v) is 5.63. The van der Waals surface area contributed by atoms with Crippen molar-refractivity contribution in [1.82, 2.24) is 15.3 Å². The topological polar surface area (TPSA) is 97.8 Å². The number of hydrogen-bond acceptors (Lipinski definition) is 8. The van der Waals surface area contributed by atoms with Gasteiger partial charge in [0, 0.05) is 31.9 Å². The van der Waals surface area contributed by atoms with Crippen LogP contribution in [-0.4, -0.2) is 56.3 Å². The SMILES string of the molecule is CNC(=O)c1ccccc1Oc1nc(Nc2ccc(N3CCOCC3)cc2OC)ncc1Br. The molecule has 0 saturated carbocycles. The largest absolute Gasteiger partial charge is 0.494 e. The van der Waals surface area contributed by atoms with Gasteiger partial charge in [0.1, 0.15) is 11.5 Å². The van der Waals surface area contributed by atoms with Crippen LogP contribution in [0.3, 0.4) is 0 Å². The van der Waals surface area contributed by atoms with E-state index >= 15 is 0 Å². The third kappa shape index (κ3) is 5.35. The van der Waals surface area contributed by atoms with Gasteiger partial charge in [-0.25, -0.2) is 4.98 Å². The zero-order valence-corrected chi connectivity index (χ0v) is 19.9. The molecular weight excluding hydrogens is 490 g/mol. The lowest BCUT2D eigenvalue weighted by molar-refractivity contribution is 0.0960. The van der Waals surface area contributed by atoms with Crippen LogP contribution in [0, 0.1) is 0 Å². The van der Waals surface area contributed by atoms with E-state index in [1.807, 2.05) is 18.2 Å². The molecule has 1 aliphatic rings. The maximum absolute atomic E-state index is 12.2. The Balaban J connectivity index is 1.57. The van der Waals surface area contributed by atoms with E-state index in [9.17, 15) is 4.79 Å². The molecule has 1 saturated heterocycles. The van der Waals surface area contributed by atoms with Crippen LogP contribution in [0.25, 0.3) is 0 Å². The third-order valence-electron chi connectivity index (χ3n) is 5.09.